The quantitative estimate of drug-likeness (QED) is 0.284. The maximum absolute atomic E-state index is 12.5. The molecule has 0 aliphatic rings. The minimum atomic E-state index is -0.951. The van der Waals surface area contributed by atoms with E-state index in [0.717, 1.165) is 24.6 Å². The Bertz CT molecular complexity index is 686. The first-order valence-electron chi connectivity index (χ1n) is 8.57. The summed E-state index contributed by atoms with van der Waals surface area (Å²) in [4.78, 5) is 44.9. The van der Waals surface area contributed by atoms with Crippen molar-refractivity contribution in [3.05, 3.63) is 44.0 Å². The van der Waals surface area contributed by atoms with Gasteiger partial charge in [-0.3, -0.25) is 25.0 Å². The Morgan fingerprint density at radius 2 is 1.67 bits per heavy atom. The molecule has 1 aromatic carbocycles. The van der Waals surface area contributed by atoms with Gasteiger partial charge in [0.05, 0.1) is 28.1 Å². The van der Waals surface area contributed by atoms with E-state index < -0.39 is 39.1 Å². The first kappa shape index (κ1) is 22.0. The van der Waals surface area contributed by atoms with E-state index in [4.69, 9.17) is 4.74 Å². The summed E-state index contributed by atoms with van der Waals surface area (Å²) in [5.41, 5.74) is -1.44. The van der Waals surface area contributed by atoms with Crippen LogP contribution >= 0.6 is 0 Å². The summed E-state index contributed by atoms with van der Waals surface area (Å²) < 4.78 is 5.14. The normalized spacial score (nSPS) is 11.7. The number of unbranched alkanes of at least 4 members (excludes halogenated alkanes) is 1. The van der Waals surface area contributed by atoms with E-state index in [-0.39, 0.29) is 18.1 Å². The first-order valence-corrected chi connectivity index (χ1v) is 8.57. The zero-order chi connectivity index (χ0) is 20.6. The van der Waals surface area contributed by atoms with Gasteiger partial charge in [-0.25, -0.2) is 4.79 Å². The van der Waals surface area contributed by atoms with Crippen LogP contribution in [0.15, 0.2) is 18.2 Å². The third kappa shape index (κ3) is 7.00. The van der Waals surface area contributed by atoms with Gasteiger partial charge in [0.25, 0.3) is 17.3 Å². The number of hydrogen-bond donors (Lipinski definition) is 1. The van der Waals surface area contributed by atoms with Crippen LogP contribution in [0.5, 0.6) is 0 Å². The molecule has 0 saturated carbocycles. The van der Waals surface area contributed by atoms with Gasteiger partial charge in [-0.2, -0.15) is 0 Å². The second-order valence-electron chi connectivity index (χ2n) is 6.43. The smallest absolute Gasteiger partial charge is 0.328 e. The van der Waals surface area contributed by atoms with E-state index in [0.29, 0.717) is 12.8 Å². The van der Waals surface area contributed by atoms with Crippen molar-refractivity contribution >= 4 is 23.3 Å². The number of rotatable bonds is 10. The van der Waals surface area contributed by atoms with Gasteiger partial charge in [0.2, 0.25) is 0 Å². The Balaban J connectivity index is 3.04. The summed E-state index contributed by atoms with van der Waals surface area (Å²) in [6.07, 6.45) is 1.82. The van der Waals surface area contributed by atoms with Gasteiger partial charge in [0.15, 0.2) is 0 Å². The highest BCUT2D eigenvalue weighted by atomic mass is 16.6. The van der Waals surface area contributed by atoms with Gasteiger partial charge in [-0.15, -0.1) is 0 Å². The number of esters is 1. The predicted molar refractivity (Wildman–Crippen MR) is 96.3 cm³/mol. The molecule has 1 rings (SSSR count). The van der Waals surface area contributed by atoms with E-state index >= 15 is 0 Å². The molecule has 27 heavy (non-hydrogen) atoms. The number of nitro benzene ring substituents is 2. The van der Waals surface area contributed by atoms with Crippen molar-refractivity contribution in [1.82, 2.24) is 5.32 Å². The number of nitro groups is 2. The van der Waals surface area contributed by atoms with Crippen LogP contribution in [0.2, 0.25) is 0 Å². The highest BCUT2D eigenvalue weighted by Crippen LogP contribution is 2.23. The summed E-state index contributed by atoms with van der Waals surface area (Å²) in [5, 5.41) is 24.4. The van der Waals surface area contributed by atoms with Gasteiger partial charge < -0.3 is 10.1 Å². The minimum absolute atomic E-state index is 0.0634. The second-order valence-corrected chi connectivity index (χ2v) is 6.43. The molecule has 0 saturated heterocycles. The second kappa shape index (κ2) is 10.2. The number of ether oxygens (including phenoxy) is 1. The number of benzene rings is 1. The molecule has 10 heteroatoms. The molecule has 148 valence electrons. The molecule has 0 aliphatic carbocycles. The lowest BCUT2D eigenvalue weighted by Crippen LogP contribution is -2.42. The molecular formula is C17H23N3O7. The zero-order valence-electron chi connectivity index (χ0n) is 15.5. The molecule has 1 aromatic rings. The molecule has 0 unspecified atom stereocenters. The lowest BCUT2D eigenvalue weighted by Gasteiger charge is -2.19. The predicted octanol–water partition coefficient (Wildman–Crippen LogP) is 2.99. The summed E-state index contributed by atoms with van der Waals surface area (Å²) in [6, 6.07) is 1.67. The Hall–Kier alpha value is -3.04. The van der Waals surface area contributed by atoms with Crippen LogP contribution in [0.4, 0.5) is 11.4 Å². The van der Waals surface area contributed by atoms with Crippen LogP contribution in [0.25, 0.3) is 0 Å². The topological polar surface area (TPSA) is 142 Å². The van der Waals surface area contributed by atoms with E-state index in [1.807, 2.05) is 20.8 Å². The molecule has 0 heterocycles. The Labute approximate surface area is 156 Å². The molecule has 1 N–H and O–H groups in total. The van der Waals surface area contributed by atoms with Crippen molar-refractivity contribution in [1.29, 1.82) is 0 Å². The van der Waals surface area contributed by atoms with Gasteiger partial charge in [-0.05, 0) is 18.8 Å². The first-order chi connectivity index (χ1) is 12.6. The van der Waals surface area contributed by atoms with Crippen LogP contribution < -0.4 is 5.32 Å². The average molecular weight is 381 g/mol. The lowest BCUT2D eigenvalue weighted by atomic mass is 10.0. The summed E-state index contributed by atoms with van der Waals surface area (Å²) in [7, 11) is 0. The van der Waals surface area contributed by atoms with Crippen LogP contribution in [-0.4, -0.2) is 34.4 Å². The van der Waals surface area contributed by atoms with Gasteiger partial charge >= 0.3 is 5.97 Å². The maximum Gasteiger partial charge on any atom is 0.328 e. The zero-order valence-corrected chi connectivity index (χ0v) is 15.5. The molecule has 10 nitrogen and oxygen atoms in total. The number of hydrogen-bond acceptors (Lipinski definition) is 7. The monoisotopic (exact) mass is 381 g/mol. The number of carbonyl (C=O) groups is 2. The van der Waals surface area contributed by atoms with Crippen molar-refractivity contribution < 1.29 is 24.2 Å². The molecule has 1 amide bonds. The number of non-ortho nitro benzene ring substituents is 2. The fourth-order valence-electron chi connectivity index (χ4n) is 2.28. The fraction of sp³-hybridized carbons (Fsp3) is 0.529. The van der Waals surface area contributed by atoms with Crippen molar-refractivity contribution in [3.8, 4) is 0 Å². The molecule has 0 bridgehead atoms. The third-order valence-electron chi connectivity index (χ3n) is 3.63. The standard InChI is InChI=1S/C17H23N3O7/c1-4-5-6-27-17(22)15(7-11(2)3)18-16(21)12-8-13(19(23)24)10-14(9-12)20(25)26/h8-11,15H,4-7H2,1-3H3,(H,18,21)/t15-/m1/s1. The minimum Gasteiger partial charge on any atom is -0.464 e. The Kier molecular flexibility index (Phi) is 8.31. The molecule has 0 aliphatic heterocycles. The van der Waals surface area contributed by atoms with Crippen molar-refractivity contribution in [2.75, 3.05) is 6.61 Å². The lowest BCUT2D eigenvalue weighted by molar-refractivity contribution is -0.394. The van der Waals surface area contributed by atoms with Gasteiger partial charge in [0.1, 0.15) is 6.04 Å². The largest absolute Gasteiger partial charge is 0.464 e. The summed E-state index contributed by atoms with van der Waals surface area (Å²) in [6.45, 7) is 5.88. The average Bonchev–Trinajstić information content (AvgIpc) is 2.60. The van der Waals surface area contributed by atoms with Gasteiger partial charge in [0, 0.05) is 12.1 Å². The maximum atomic E-state index is 12.5. The number of carbonyl (C=O) groups excluding carboxylic acids is 2. The van der Waals surface area contributed by atoms with E-state index in [1.54, 1.807) is 0 Å². The summed E-state index contributed by atoms with van der Waals surface area (Å²) >= 11 is 0. The number of amides is 1. The molecular weight excluding hydrogens is 358 g/mol. The third-order valence-corrected chi connectivity index (χ3v) is 3.63. The SMILES string of the molecule is CCCCOC(=O)[C@@H](CC(C)C)NC(=O)c1cc([N+](=O)[O-])cc([N+](=O)[O-])c1. The van der Waals surface area contributed by atoms with Crippen molar-refractivity contribution in [3.63, 3.8) is 0 Å². The molecule has 0 fully saturated rings. The van der Waals surface area contributed by atoms with E-state index in [9.17, 15) is 29.8 Å². The van der Waals surface area contributed by atoms with Crippen LogP contribution in [-0.2, 0) is 9.53 Å². The summed E-state index contributed by atoms with van der Waals surface area (Å²) in [5.74, 6) is -1.36. The molecule has 0 aromatic heterocycles. The number of nitrogens with one attached hydrogen (secondary N) is 1. The molecule has 1 atom stereocenters. The van der Waals surface area contributed by atoms with Crippen LogP contribution in [0, 0.1) is 26.1 Å². The van der Waals surface area contributed by atoms with Crippen LogP contribution in [0.1, 0.15) is 50.4 Å². The number of nitrogens with zero attached hydrogens (tertiary/aromatic N) is 2. The molecule has 0 radical (unpaired) electrons. The highest BCUT2D eigenvalue weighted by molar-refractivity contribution is 5.97. The van der Waals surface area contributed by atoms with E-state index in [2.05, 4.69) is 5.32 Å². The van der Waals surface area contributed by atoms with Crippen molar-refractivity contribution in [2.24, 2.45) is 5.92 Å². The van der Waals surface area contributed by atoms with Crippen LogP contribution in [0.3, 0.4) is 0 Å². The Morgan fingerprint density at radius 3 is 2.11 bits per heavy atom. The highest BCUT2D eigenvalue weighted by Gasteiger charge is 2.26. The van der Waals surface area contributed by atoms with E-state index in [1.165, 1.54) is 0 Å². The fourth-order valence-corrected chi connectivity index (χ4v) is 2.28. The van der Waals surface area contributed by atoms with Crippen molar-refractivity contribution in [2.45, 2.75) is 46.1 Å². The van der Waals surface area contributed by atoms with Gasteiger partial charge in [-0.1, -0.05) is 27.2 Å². The Morgan fingerprint density at radius 1 is 1.11 bits per heavy atom. The molecule has 0 spiro atoms.